The predicted molar refractivity (Wildman–Crippen MR) is 75.6 cm³/mol. The van der Waals surface area contributed by atoms with Crippen molar-refractivity contribution in [2.24, 2.45) is 0 Å². The van der Waals surface area contributed by atoms with Gasteiger partial charge in [0.25, 0.3) is 5.91 Å². The number of nitrogens with zero attached hydrogens (tertiary/aromatic N) is 1. The van der Waals surface area contributed by atoms with Crippen LogP contribution in [0.4, 0.5) is 5.69 Å². The molecule has 1 aromatic rings. The molecule has 7 heteroatoms. The topological polar surface area (TPSA) is 92.4 Å². The smallest absolute Gasteiger partial charge is 0.270 e. The average Bonchev–Trinajstić information content (AvgIpc) is 2.47. The van der Waals surface area contributed by atoms with Gasteiger partial charge in [-0.1, -0.05) is 0 Å². The minimum absolute atomic E-state index is 0.258. The fraction of sp³-hybridized carbons (Fsp3) is 0.462. The van der Waals surface area contributed by atoms with Gasteiger partial charge < -0.3 is 20.7 Å². The summed E-state index contributed by atoms with van der Waals surface area (Å²) >= 11 is 0. The number of hydrogen-bond acceptors (Lipinski definition) is 5. The third kappa shape index (κ3) is 4.85. The van der Waals surface area contributed by atoms with E-state index < -0.39 is 11.9 Å². The van der Waals surface area contributed by atoms with Gasteiger partial charge in [-0.3, -0.25) is 14.6 Å². The molecule has 0 saturated heterocycles. The van der Waals surface area contributed by atoms with E-state index in [0.717, 1.165) is 5.69 Å². The van der Waals surface area contributed by atoms with Gasteiger partial charge >= 0.3 is 0 Å². The van der Waals surface area contributed by atoms with Crippen molar-refractivity contribution >= 4 is 17.5 Å². The van der Waals surface area contributed by atoms with Crippen molar-refractivity contribution in [2.75, 3.05) is 32.6 Å². The third-order valence-corrected chi connectivity index (χ3v) is 2.63. The minimum atomic E-state index is -0.639. The van der Waals surface area contributed by atoms with E-state index in [0.29, 0.717) is 13.2 Å². The van der Waals surface area contributed by atoms with Crippen LogP contribution in [0.5, 0.6) is 0 Å². The fourth-order valence-electron chi connectivity index (χ4n) is 1.48. The molecule has 0 bridgehead atoms. The molecule has 1 atom stereocenters. The van der Waals surface area contributed by atoms with Crippen LogP contribution in [0, 0.1) is 0 Å². The maximum Gasteiger partial charge on any atom is 0.270 e. The monoisotopic (exact) mass is 280 g/mol. The lowest BCUT2D eigenvalue weighted by Crippen LogP contribution is -2.45. The molecule has 0 aliphatic rings. The quantitative estimate of drug-likeness (QED) is 0.612. The molecule has 2 amide bonds. The van der Waals surface area contributed by atoms with Gasteiger partial charge in [0.05, 0.1) is 6.61 Å². The fourth-order valence-corrected chi connectivity index (χ4v) is 1.48. The van der Waals surface area contributed by atoms with Crippen LogP contribution in [-0.2, 0) is 9.53 Å². The molecule has 110 valence electrons. The van der Waals surface area contributed by atoms with Gasteiger partial charge in [0.15, 0.2) is 0 Å². The number of ether oxygens (including phenoxy) is 1. The number of carbonyl (C=O) groups is 2. The Hall–Kier alpha value is -2.15. The van der Waals surface area contributed by atoms with Gasteiger partial charge in [0.1, 0.15) is 11.7 Å². The Balaban J connectivity index is 2.54. The summed E-state index contributed by atoms with van der Waals surface area (Å²) in [4.78, 5) is 27.6. The van der Waals surface area contributed by atoms with E-state index in [1.807, 2.05) is 0 Å². The Morgan fingerprint density at radius 3 is 2.85 bits per heavy atom. The second-order valence-corrected chi connectivity index (χ2v) is 4.16. The van der Waals surface area contributed by atoms with Crippen LogP contribution >= 0.6 is 0 Å². The third-order valence-electron chi connectivity index (χ3n) is 2.63. The van der Waals surface area contributed by atoms with Crippen molar-refractivity contribution in [3.05, 3.63) is 24.0 Å². The van der Waals surface area contributed by atoms with Crippen LogP contribution in [0.15, 0.2) is 18.3 Å². The van der Waals surface area contributed by atoms with Crippen LogP contribution < -0.4 is 16.0 Å². The van der Waals surface area contributed by atoms with Crippen LogP contribution in [0.3, 0.4) is 0 Å². The molecular formula is C13H20N4O3. The summed E-state index contributed by atoms with van der Waals surface area (Å²) in [5.74, 6) is -0.656. The first-order valence-electron chi connectivity index (χ1n) is 6.29. The van der Waals surface area contributed by atoms with E-state index in [1.54, 1.807) is 33.2 Å². The van der Waals surface area contributed by atoms with Crippen LogP contribution in [0.1, 0.15) is 17.4 Å². The van der Waals surface area contributed by atoms with E-state index in [-0.39, 0.29) is 11.6 Å². The van der Waals surface area contributed by atoms with E-state index in [9.17, 15) is 9.59 Å². The SMILES string of the molecule is CNc1ccnc(C(=O)NC(C)C(=O)NCCOC)c1. The van der Waals surface area contributed by atoms with Gasteiger partial charge in [0.2, 0.25) is 5.91 Å². The van der Waals surface area contributed by atoms with E-state index in [1.165, 1.54) is 6.20 Å². The summed E-state index contributed by atoms with van der Waals surface area (Å²) in [7, 11) is 3.31. The number of hydrogen-bond donors (Lipinski definition) is 3. The molecule has 0 aromatic carbocycles. The second-order valence-electron chi connectivity index (χ2n) is 4.16. The maximum absolute atomic E-state index is 12.0. The molecule has 7 nitrogen and oxygen atoms in total. The van der Waals surface area contributed by atoms with Crippen molar-refractivity contribution in [2.45, 2.75) is 13.0 Å². The highest BCUT2D eigenvalue weighted by Gasteiger charge is 2.17. The predicted octanol–water partition coefficient (Wildman–Crippen LogP) is 0.00420. The Bertz CT molecular complexity index is 465. The molecule has 3 N–H and O–H groups in total. The number of aromatic nitrogens is 1. The van der Waals surface area contributed by atoms with Crippen molar-refractivity contribution < 1.29 is 14.3 Å². The molecule has 0 saturated carbocycles. The Kier molecular flexibility index (Phi) is 6.45. The van der Waals surface area contributed by atoms with Crippen molar-refractivity contribution in [1.82, 2.24) is 15.6 Å². The van der Waals surface area contributed by atoms with Crippen molar-refractivity contribution in [1.29, 1.82) is 0 Å². The van der Waals surface area contributed by atoms with Gasteiger partial charge in [-0.15, -0.1) is 0 Å². The zero-order valence-corrected chi connectivity index (χ0v) is 11.9. The van der Waals surface area contributed by atoms with Crippen LogP contribution in [0.25, 0.3) is 0 Å². The summed E-state index contributed by atoms with van der Waals surface area (Å²) < 4.78 is 4.83. The number of pyridine rings is 1. The molecular weight excluding hydrogens is 260 g/mol. The largest absolute Gasteiger partial charge is 0.388 e. The van der Waals surface area contributed by atoms with Gasteiger partial charge in [-0.05, 0) is 19.1 Å². The number of amides is 2. The highest BCUT2D eigenvalue weighted by Crippen LogP contribution is 2.06. The molecule has 0 aliphatic heterocycles. The van der Waals surface area contributed by atoms with E-state index >= 15 is 0 Å². The lowest BCUT2D eigenvalue weighted by Gasteiger charge is -2.14. The summed E-state index contributed by atoms with van der Waals surface area (Å²) in [5, 5.41) is 8.16. The maximum atomic E-state index is 12.0. The summed E-state index contributed by atoms with van der Waals surface area (Å²) in [6.45, 7) is 2.45. The van der Waals surface area contributed by atoms with Gasteiger partial charge in [-0.25, -0.2) is 0 Å². The molecule has 20 heavy (non-hydrogen) atoms. The number of anilines is 1. The van der Waals surface area contributed by atoms with Gasteiger partial charge in [-0.2, -0.15) is 0 Å². The van der Waals surface area contributed by atoms with Crippen LogP contribution in [-0.4, -0.2) is 50.1 Å². The zero-order chi connectivity index (χ0) is 15.0. The molecule has 0 radical (unpaired) electrons. The van der Waals surface area contributed by atoms with E-state index in [2.05, 4.69) is 20.9 Å². The Morgan fingerprint density at radius 1 is 1.45 bits per heavy atom. The lowest BCUT2D eigenvalue weighted by atomic mass is 10.2. The molecule has 0 fully saturated rings. The molecule has 1 unspecified atom stereocenters. The molecule has 0 aliphatic carbocycles. The molecule has 1 aromatic heterocycles. The Labute approximate surface area is 118 Å². The highest BCUT2D eigenvalue weighted by molar-refractivity contribution is 5.96. The number of methoxy groups -OCH3 is 1. The highest BCUT2D eigenvalue weighted by atomic mass is 16.5. The van der Waals surface area contributed by atoms with E-state index in [4.69, 9.17) is 4.74 Å². The minimum Gasteiger partial charge on any atom is -0.388 e. The zero-order valence-electron chi connectivity index (χ0n) is 11.9. The number of carbonyl (C=O) groups excluding carboxylic acids is 2. The van der Waals surface area contributed by atoms with Crippen LogP contribution in [0.2, 0.25) is 0 Å². The standard InChI is InChI=1S/C13H20N4O3/c1-9(12(18)16-6-7-20-3)17-13(19)11-8-10(14-2)4-5-15-11/h4-5,8-9H,6-7H2,1-3H3,(H,14,15)(H,16,18)(H,17,19). The lowest BCUT2D eigenvalue weighted by molar-refractivity contribution is -0.122. The molecule has 0 spiro atoms. The number of nitrogens with one attached hydrogen (secondary N) is 3. The molecule has 1 heterocycles. The summed E-state index contributed by atoms with van der Waals surface area (Å²) in [5.41, 5.74) is 1.04. The Morgan fingerprint density at radius 2 is 2.20 bits per heavy atom. The first kappa shape index (κ1) is 15.9. The first-order valence-corrected chi connectivity index (χ1v) is 6.29. The first-order chi connectivity index (χ1) is 9.58. The molecule has 1 rings (SSSR count). The van der Waals surface area contributed by atoms with Gasteiger partial charge in [0, 0.05) is 32.6 Å². The number of rotatable bonds is 7. The normalized spacial score (nSPS) is 11.6. The second kappa shape index (κ2) is 8.11. The average molecular weight is 280 g/mol. The summed E-state index contributed by atoms with van der Waals surface area (Å²) in [6, 6.07) is 2.72. The van der Waals surface area contributed by atoms with Crippen molar-refractivity contribution in [3.8, 4) is 0 Å². The van der Waals surface area contributed by atoms with Crippen molar-refractivity contribution in [3.63, 3.8) is 0 Å². The summed E-state index contributed by atoms with van der Waals surface area (Å²) in [6.07, 6.45) is 1.53.